The fraction of sp³-hybridized carbons (Fsp3) is 0.188. The van der Waals surface area contributed by atoms with Crippen LogP contribution in [0.3, 0.4) is 0 Å². The Bertz CT molecular complexity index is 748. The Morgan fingerprint density at radius 2 is 2.05 bits per heavy atom. The number of carbonyl (C=O) groups is 1. The Kier molecular flexibility index (Phi) is 4.00. The summed E-state index contributed by atoms with van der Waals surface area (Å²) in [5.41, 5.74) is 2.01. The van der Waals surface area contributed by atoms with E-state index in [0.717, 1.165) is 11.4 Å². The number of aromatic nitrogens is 3. The van der Waals surface area contributed by atoms with Crippen LogP contribution in [-0.4, -0.2) is 20.9 Å². The van der Waals surface area contributed by atoms with E-state index in [-0.39, 0.29) is 5.91 Å². The summed E-state index contributed by atoms with van der Waals surface area (Å²) in [6, 6.07) is 13.2. The Balaban J connectivity index is 1.82. The van der Waals surface area contributed by atoms with Crippen LogP contribution in [0.1, 0.15) is 28.9 Å². The van der Waals surface area contributed by atoms with Crippen molar-refractivity contribution >= 4 is 5.91 Å². The number of para-hydroxylation sites is 1. The summed E-state index contributed by atoms with van der Waals surface area (Å²) in [6.45, 7) is 2.30. The molecule has 0 atom stereocenters. The number of hydrogen-bond acceptors (Lipinski definition) is 4. The lowest BCUT2D eigenvalue weighted by atomic mass is 10.2. The number of carbonyl (C=O) groups excluding carboxylic acids is 1. The van der Waals surface area contributed by atoms with Crippen LogP contribution >= 0.6 is 0 Å². The zero-order chi connectivity index (χ0) is 15.4. The predicted molar refractivity (Wildman–Crippen MR) is 80.6 cm³/mol. The molecule has 6 heteroatoms. The van der Waals surface area contributed by atoms with Crippen molar-refractivity contribution in [1.29, 1.82) is 0 Å². The van der Waals surface area contributed by atoms with Gasteiger partial charge < -0.3 is 9.73 Å². The molecule has 1 amide bonds. The Morgan fingerprint density at radius 1 is 1.23 bits per heavy atom. The molecule has 1 aromatic carbocycles. The molecule has 0 aliphatic rings. The summed E-state index contributed by atoms with van der Waals surface area (Å²) in [6.07, 6.45) is 2.23. The van der Waals surface area contributed by atoms with Gasteiger partial charge in [0, 0.05) is 0 Å². The standard InChI is InChI=1S/C16H16N4O2/c1-2-14-15(16(21)17-11-13-9-6-10-22-13)18-19-20(14)12-7-4-3-5-8-12/h3-10H,2,11H2,1H3,(H,17,21). The van der Waals surface area contributed by atoms with Gasteiger partial charge in [-0.25, -0.2) is 4.68 Å². The lowest BCUT2D eigenvalue weighted by Gasteiger charge is -2.06. The average molecular weight is 296 g/mol. The minimum absolute atomic E-state index is 0.254. The van der Waals surface area contributed by atoms with Crippen molar-refractivity contribution in [3.05, 3.63) is 65.9 Å². The average Bonchev–Trinajstić information content (AvgIpc) is 3.22. The minimum Gasteiger partial charge on any atom is -0.467 e. The highest BCUT2D eigenvalue weighted by Gasteiger charge is 2.19. The van der Waals surface area contributed by atoms with Gasteiger partial charge in [-0.2, -0.15) is 0 Å². The van der Waals surface area contributed by atoms with Crippen LogP contribution in [0.5, 0.6) is 0 Å². The number of hydrogen-bond donors (Lipinski definition) is 1. The highest BCUT2D eigenvalue weighted by atomic mass is 16.3. The Labute approximate surface area is 127 Å². The Hall–Kier alpha value is -2.89. The summed E-state index contributed by atoms with van der Waals surface area (Å²) in [7, 11) is 0. The molecule has 0 saturated heterocycles. The van der Waals surface area contributed by atoms with Crippen LogP contribution < -0.4 is 5.32 Å². The predicted octanol–water partition coefficient (Wildman–Crippen LogP) is 2.35. The van der Waals surface area contributed by atoms with Gasteiger partial charge in [-0.3, -0.25) is 4.79 Å². The molecule has 22 heavy (non-hydrogen) atoms. The highest BCUT2D eigenvalue weighted by Crippen LogP contribution is 2.13. The van der Waals surface area contributed by atoms with Gasteiger partial charge in [0.1, 0.15) is 5.76 Å². The maximum Gasteiger partial charge on any atom is 0.274 e. The molecule has 0 radical (unpaired) electrons. The first kappa shape index (κ1) is 14.1. The third kappa shape index (κ3) is 2.76. The van der Waals surface area contributed by atoms with E-state index in [9.17, 15) is 4.79 Å². The number of furan rings is 1. The van der Waals surface area contributed by atoms with Crippen LogP contribution in [0.4, 0.5) is 0 Å². The number of nitrogens with one attached hydrogen (secondary N) is 1. The molecule has 2 aromatic heterocycles. The molecule has 0 bridgehead atoms. The molecule has 0 spiro atoms. The largest absolute Gasteiger partial charge is 0.467 e. The number of benzene rings is 1. The van der Waals surface area contributed by atoms with Crippen molar-refractivity contribution in [2.24, 2.45) is 0 Å². The Morgan fingerprint density at radius 3 is 2.73 bits per heavy atom. The number of rotatable bonds is 5. The molecule has 0 saturated carbocycles. The molecule has 3 aromatic rings. The van der Waals surface area contributed by atoms with Gasteiger partial charge in [0.05, 0.1) is 24.2 Å². The van der Waals surface area contributed by atoms with Crippen molar-refractivity contribution in [3.8, 4) is 5.69 Å². The summed E-state index contributed by atoms with van der Waals surface area (Å²) in [5, 5.41) is 10.9. The van der Waals surface area contributed by atoms with Crippen LogP contribution in [-0.2, 0) is 13.0 Å². The zero-order valence-electron chi connectivity index (χ0n) is 12.2. The highest BCUT2D eigenvalue weighted by molar-refractivity contribution is 5.93. The first-order valence-electron chi connectivity index (χ1n) is 7.10. The van der Waals surface area contributed by atoms with Gasteiger partial charge >= 0.3 is 0 Å². The molecule has 3 rings (SSSR count). The molecule has 0 aliphatic heterocycles. The van der Waals surface area contributed by atoms with Gasteiger partial charge in [0.15, 0.2) is 5.69 Å². The summed E-state index contributed by atoms with van der Waals surface area (Å²) in [5.74, 6) is 0.442. The molecular weight excluding hydrogens is 280 g/mol. The second-order valence-electron chi connectivity index (χ2n) is 4.75. The molecule has 1 N–H and O–H groups in total. The van der Waals surface area contributed by atoms with Gasteiger partial charge in [-0.15, -0.1) is 5.10 Å². The summed E-state index contributed by atoms with van der Waals surface area (Å²) >= 11 is 0. The molecular formula is C16H16N4O2. The molecule has 0 unspecified atom stereocenters. The minimum atomic E-state index is -0.254. The normalized spacial score (nSPS) is 10.6. The third-order valence-electron chi connectivity index (χ3n) is 3.32. The van der Waals surface area contributed by atoms with E-state index in [2.05, 4.69) is 15.6 Å². The van der Waals surface area contributed by atoms with Gasteiger partial charge in [-0.1, -0.05) is 30.3 Å². The molecule has 112 valence electrons. The zero-order valence-corrected chi connectivity index (χ0v) is 12.2. The first-order chi connectivity index (χ1) is 10.8. The topological polar surface area (TPSA) is 73.0 Å². The SMILES string of the molecule is CCc1c(C(=O)NCc2ccco2)nnn1-c1ccccc1. The van der Waals surface area contributed by atoms with E-state index < -0.39 is 0 Å². The van der Waals surface area contributed by atoms with E-state index >= 15 is 0 Å². The fourth-order valence-electron chi connectivity index (χ4n) is 2.24. The molecule has 0 fully saturated rings. The lowest BCUT2D eigenvalue weighted by Crippen LogP contribution is -2.24. The van der Waals surface area contributed by atoms with Crippen LogP contribution in [0.25, 0.3) is 5.69 Å². The fourth-order valence-corrected chi connectivity index (χ4v) is 2.24. The van der Waals surface area contributed by atoms with E-state index in [1.165, 1.54) is 0 Å². The van der Waals surface area contributed by atoms with E-state index in [1.807, 2.05) is 43.3 Å². The number of amides is 1. The van der Waals surface area contributed by atoms with Crippen molar-refractivity contribution in [2.75, 3.05) is 0 Å². The molecule has 2 heterocycles. The van der Waals surface area contributed by atoms with Crippen LogP contribution in [0.2, 0.25) is 0 Å². The van der Waals surface area contributed by atoms with E-state index in [4.69, 9.17) is 4.42 Å². The summed E-state index contributed by atoms with van der Waals surface area (Å²) < 4.78 is 6.89. The molecule has 6 nitrogen and oxygen atoms in total. The van der Waals surface area contributed by atoms with Gasteiger partial charge in [-0.05, 0) is 30.7 Å². The molecule has 0 aliphatic carbocycles. The van der Waals surface area contributed by atoms with Gasteiger partial charge in [0.2, 0.25) is 0 Å². The second kappa shape index (κ2) is 6.26. The third-order valence-corrected chi connectivity index (χ3v) is 3.32. The monoisotopic (exact) mass is 296 g/mol. The van der Waals surface area contributed by atoms with Crippen LogP contribution in [0.15, 0.2) is 53.1 Å². The van der Waals surface area contributed by atoms with Crippen LogP contribution in [0, 0.1) is 0 Å². The van der Waals surface area contributed by atoms with Gasteiger partial charge in [0.25, 0.3) is 5.91 Å². The van der Waals surface area contributed by atoms with Crippen molar-refractivity contribution in [2.45, 2.75) is 19.9 Å². The lowest BCUT2D eigenvalue weighted by molar-refractivity contribution is 0.0942. The second-order valence-corrected chi connectivity index (χ2v) is 4.75. The maximum absolute atomic E-state index is 12.3. The van der Waals surface area contributed by atoms with Crippen molar-refractivity contribution in [3.63, 3.8) is 0 Å². The van der Waals surface area contributed by atoms with E-state index in [1.54, 1.807) is 17.0 Å². The van der Waals surface area contributed by atoms with Crippen molar-refractivity contribution in [1.82, 2.24) is 20.3 Å². The van der Waals surface area contributed by atoms with Crippen molar-refractivity contribution < 1.29 is 9.21 Å². The quantitative estimate of drug-likeness (QED) is 0.784. The smallest absolute Gasteiger partial charge is 0.274 e. The summed E-state index contributed by atoms with van der Waals surface area (Å²) in [4.78, 5) is 12.3. The van der Waals surface area contributed by atoms with E-state index in [0.29, 0.717) is 24.4 Å². The maximum atomic E-state index is 12.3. The first-order valence-corrected chi connectivity index (χ1v) is 7.10. The number of nitrogens with zero attached hydrogens (tertiary/aromatic N) is 3.